The van der Waals surface area contributed by atoms with Crippen LogP contribution in [-0.2, 0) is 4.74 Å². The molecule has 16 heavy (non-hydrogen) atoms. The molecule has 1 aromatic carbocycles. The van der Waals surface area contributed by atoms with Gasteiger partial charge < -0.3 is 4.74 Å². The molecule has 2 rings (SSSR count). The van der Waals surface area contributed by atoms with Crippen molar-refractivity contribution >= 4 is 11.8 Å². The molecule has 1 aromatic rings. The first kappa shape index (κ1) is 10.4. The number of carbonyl (C=O) groups is 1. The Morgan fingerprint density at radius 1 is 1.56 bits per heavy atom. The zero-order chi connectivity index (χ0) is 11.5. The van der Waals surface area contributed by atoms with E-state index < -0.39 is 11.9 Å². The quantitative estimate of drug-likeness (QED) is 0.726. The Labute approximate surface area is 91.8 Å². The van der Waals surface area contributed by atoms with Gasteiger partial charge in [0.25, 0.3) is 0 Å². The van der Waals surface area contributed by atoms with Gasteiger partial charge in [-0.05, 0) is 18.2 Å². The number of amides is 1. The predicted molar refractivity (Wildman–Crippen MR) is 54.2 cm³/mol. The highest BCUT2D eigenvalue weighted by atomic mass is 19.1. The Hall–Kier alpha value is -2.09. The zero-order valence-electron chi connectivity index (χ0n) is 8.39. The topological polar surface area (TPSA) is 53.3 Å². The Balaban J connectivity index is 2.25. The minimum absolute atomic E-state index is 0.0984. The van der Waals surface area contributed by atoms with E-state index in [0.29, 0.717) is 5.69 Å². The predicted octanol–water partition coefficient (Wildman–Crippen LogP) is 1.92. The molecule has 0 spiro atoms. The van der Waals surface area contributed by atoms with Crippen molar-refractivity contribution < 1.29 is 13.9 Å². The van der Waals surface area contributed by atoms with E-state index in [-0.39, 0.29) is 19.1 Å². The van der Waals surface area contributed by atoms with Gasteiger partial charge in [-0.1, -0.05) is 6.07 Å². The van der Waals surface area contributed by atoms with Crippen molar-refractivity contribution in [3.8, 4) is 6.07 Å². The van der Waals surface area contributed by atoms with Gasteiger partial charge in [0.05, 0.1) is 12.0 Å². The average molecular weight is 220 g/mol. The van der Waals surface area contributed by atoms with Gasteiger partial charge >= 0.3 is 6.09 Å². The maximum atomic E-state index is 13.0. The number of hydrogen-bond donors (Lipinski definition) is 0. The average Bonchev–Trinajstić information content (AvgIpc) is 2.30. The first-order valence-corrected chi connectivity index (χ1v) is 4.80. The van der Waals surface area contributed by atoms with Crippen LogP contribution in [0.2, 0.25) is 0 Å². The Bertz CT molecular complexity index is 456. The van der Waals surface area contributed by atoms with Crippen LogP contribution in [0.5, 0.6) is 0 Å². The van der Waals surface area contributed by atoms with Gasteiger partial charge in [-0.2, -0.15) is 5.26 Å². The van der Waals surface area contributed by atoms with Crippen LogP contribution < -0.4 is 4.90 Å². The summed E-state index contributed by atoms with van der Waals surface area (Å²) < 4.78 is 17.8. The van der Waals surface area contributed by atoms with Crippen molar-refractivity contribution in [2.24, 2.45) is 5.92 Å². The van der Waals surface area contributed by atoms with E-state index in [1.165, 1.54) is 23.1 Å². The summed E-state index contributed by atoms with van der Waals surface area (Å²) >= 11 is 0. The number of nitrogens with zero attached hydrogens (tertiary/aromatic N) is 2. The van der Waals surface area contributed by atoms with Crippen molar-refractivity contribution in [1.29, 1.82) is 5.26 Å². The summed E-state index contributed by atoms with van der Waals surface area (Å²) in [6, 6.07) is 7.66. The summed E-state index contributed by atoms with van der Waals surface area (Å²) in [4.78, 5) is 12.7. The molecule has 1 saturated heterocycles. The Morgan fingerprint density at radius 2 is 2.38 bits per heavy atom. The van der Waals surface area contributed by atoms with Gasteiger partial charge in [0.15, 0.2) is 0 Å². The second-order valence-corrected chi connectivity index (χ2v) is 3.49. The fraction of sp³-hybridized carbons (Fsp3) is 0.273. The smallest absolute Gasteiger partial charge is 0.414 e. The van der Waals surface area contributed by atoms with Crippen molar-refractivity contribution in [1.82, 2.24) is 0 Å². The van der Waals surface area contributed by atoms with Gasteiger partial charge in [-0.25, -0.2) is 9.18 Å². The van der Waals surface area contributed by atoms with Crippen LogP contribution >= 0.6 is 0 Å². The van der Waals surface area contributed by atoms with Crippen molar-refractivity contribution in [2.75, 3.05) is 18.1 Å². The number of anilines is 1. The van der Waals surface area contributed by atoms with E-state index in [9.17, 15) is 9.18 Å². The third kappa shape index (κ3) is 1.96. The summed E-state index contributed by atoms with van der Waals surface area (Å²) in [5.41, 5.74) is 0.407. The molecule has 4 nitrogen and oxygen atoms in total. The molecule has 1 aliphatic rings. The van der Waals surface area contributed by atoms with E-state index in [2.05, 4.69) is 0 Å². The van der Waals surface area contributed by atoms with Crippen LogP contribution in [0.15, 0.2) is 24.3 Å². The highest BCUT2D eigenvalue weighted by Crippen LogP contribution is 2.21. The molecule has 1 atom stereocenters. The fourth-order valence-corrected chi connectivity index (χ4v) is 1.53. The SMILES string of the molecule is N#CC1COC(=O)N(c2cccc(F)c2)C1. The van der Waals surface area contributed by atoms with Crippen LogP contribution in [0.25, 0.3) is 0 Å². The number of halogens is 1. The van der Waals surface area contributed by atoms with E-state index in [0.717, 1.165) is 0 Å². The third-order valence-corrected chi connectivity index (χ3v) is 2.33. The van der Waals surface area contributed by atoms with Crippen LogP contribution in [0.4, 0.5) is 14.9 Å². The number of rotatable bonds is 1. The fourth-order valence-electron chi connectivity index (χ4n) is 1.53. The summed E-state index contributed by atoms with van der Waals surface area (Å²) in [5.74, 6) is -0.801. The van der Waals surface area contributed by atoms with Gasteiger partial charge in [-0.15, -0.1) is 0 Å². The minimum Gasteiger partial charge on any atom is -0.448 e. The van der Waals surface area contributed by atoms with Crippen molar-refractivity contribution in [2.45, 2.75) is 0 Å². The second-order valence-electron chi connectivity index (χ2n) is 3.49. The lowest BCUT2D eigenvalue weighted by molar-refractivity contribution is 0.127. The van der Waals surface area contributed by atoms with Crippen LogP contribution in [0.3, 0.4) is 0 Å². The normalized spacial score (nSPS) is 20.1. The first-order chi connectivity index (χ1) is 7.70. The highest BCUT2D eigenvalue weighted by molar-refractivity contribution is 5.88. The molecule has 1 heterocycles. The van der Waals surface area contributed by atoms with Crippen LogP contribution in [-0.4, -0.2) is 19.2 Å². The second kappa shape index (κ2) is 4.19. The summed E-state index contributed by atoms with van der Waals surface area (Å²) in [7, 11) is 0. The van der Waals surface area contributed by atoms with Gasteiger partial charge in [0, 0.05) is 12.2 Å². The summed E-state index contributed by atoms with van der Waals surface area (Å²) in [6.45, 7) is 0.333. The molecule has 0 aliphatic carbocycles. The molecular weight excluding hydrogens is 211 g/mol. The largest absolute Gasteiger partial charge is 0.448 e. The lowest BCUT2D eigenvalue weighted by atomic mass is 10.1. The maximum Gasteiger partial charge on any atom is 0.414 e. The molecule has 0 radical (unpaired) electrons. The van der Waals surface area contributed by atoms with Gasteiger partial charge in [-0.3, -0.25) is 4.90 Å². The standard InChI is InChI=1S/C11H9FN2O2/c12-9-2-1-3-10(4-9)14-6-8(5-13)7-16-11(14)15/h1-4,8H,6-7H2. The highest BCUT2D eigenvalue weighted by Gasteiger charge is 2.28. The Morgan fingerprint density at radius 3 is 3.06 bits per heavy atom. The molecule has 1 fully saturated rings. The van der Waals surface area contributed by atoms with E-state index >= 15 is 0 Å². The van der Waals surface area contributed by atoms with E-state index in [1.54, 1.807) is 6.07 Å². The number of cyclic esters (lactones) is 1. The van der Waals surface area contributed by atoms with Gasteiger partial charge in [0.2, 0.25) is 0 Å². The van der Waals surface area contributed by atoms with E-state index in [4.69, 9.17) is 10.00 Å². The third-order valence-electron chi connectivity index (χ3n) is 2.33. The molecule has 82 valence electrons. The molecule has 5 heteroatoms. The summed E-state index contributed by atoms with van der Waals surface area (Å²) in [6.07, 6.45) is -0.544. The molecule has 1 unspecified atom stereocenters. The number of nitriles is 1. The molecule has 0 saturated carbocycles. The van der Waals surface area contributed by atoms with Crippen molar-refractivity contribution in [3.63, 3.8) is 0 Å². The van der Waals surface area contributed by atoms with Crippen LogP contribution in [0.1, 0.15) is 0 Å². The number of ether oxygens (including phenoxy) is 1. The van der Waals surface area contributed by atoms with Gasteiger partial charge in [0.1, 0.15) is 12.4 Å². The minimum atomic E-state index is -0.544. The lowest BCUT2D eigenvalue weighted by Crippen LogP contribution is -2.42. The molecular formula is C11H9FN2O2. The van der Waals surface area contributed by atoms with E-state index in [1.807, 2.05) is 6.07 Å². The number of benzene rings is 1. The molecule has 0 N–H and O–H groups in total. The van der Waals surface area contributed by atoms with Crippen molar-refractivity contribution in [3.05, 3.63) is 30.1 Å². The maximum absolute atomic E-state index is 13.0. The Kier molecular flexibility index (Phi) is 2.73. The molecule has 1 amide bonds. The molecule has 0 bridgehead atoms. The number of carbonyl (C=O) groups excluding carboxylic acids is 1. The first-order valence-electron chi connectivity index (χ1n) is 4.80. The lowest BCUT2D eigenvalue weighted by Gasteiger charge is -2.29. The number of hydrogen-bond acceptors (Lipinski definition) is 3. The van der Waals surface area contributed by atoms with Crippen LogP contribution in [0, 0.1) is 23.1 Å². The molecule has 1 aliphatic heterocycles. The summed E-state index contributed by atoms with van der Waals surface area (Å²) in [5, 5.41) is 8.75. The molecule has 0 aromatic heterocycles. The zero-order valence-corrected chi connectivity index (χ0v) is 8.39. The monoisotopic (exact) mass is 220 g/mol.